The minimum Gasteiger partial charge on any atom is -0.478 e. The highest BCUT2D eigenvalue weighted by Gasteiger charge is 2.13. The summed E-state index contributed by atoms with van der Waals surface area (Å²) in [5.41, 5.74) is 1.09. The number of anilines is 1. The number of aryl methyl sites for hydroxylation is 1. The van der Waals surface area contributed by atoms with Gasteiger partial charge in [-0.05, 0) is 31.4 Å². The molecule has 0 amide bonds. The smallest absolute Gasteiger partial charge is 0.335 e. The van der Waals surface area contributed by atoms with Gasteiger partial charge in [-0.15, -0.1) is 0 Å². The molecule has 1 aromatic heterocycles. The van der Waals surface area contributed by atoms with Crippen molar-refractivity contribution in [3.05, 3.63) is 23.4 Å². The molecular weight excluding hydrogens is 228 g/mol. The predicted octanol–water partition coefficient (Wildman–Crippen LogP) is 3.19. The Labute approximate surface area is 108 Å². The molecule has 0 aliphatic rings. The van der Waals surface area contributed by atoms with E-state index in [9.17, 15) is 4.79 Å². The standard InChI is InChI=1S/C14H22N2O2/c1-5-9(3)10(4)15-13-8-11(14(17)18)7-12(6-2)16-13/h7-10H,5-6H2,1-4H3,(H,15,16)(H,17,18). The van der Waals surface area contributed by atoms with Crippen molar-refractivity contribution in [3.8, 4) is 0 Å². The molecule has 0 fully saturated rings. The quantitative estimate of drug-likeness (QED) is 0.814. The van der Waals surface area contributed by atoms with Gasteiger partial charge in [-0.1, -0.05) is 27.2 Å². The summed E-state index contributed by atoms with van der Waals surface area (Å²) in [6.45, 7) is 8.37. The third-order valence-corrected chi connectivity index (χ3v) is 3.36. The lowest BCUT2D eigenvalue weighted by atomic mass is 10.0. The van der Waals surface area contributed by atoms with E-state index >= 15 is 0 Å². The zero-order valence-corrected chi connectivity index (χ0v) is 11.5. The maximum atomic E-state index is 11.0. The van der Waals surface area contributed by atoms with Crippen molar-refractivity contribution in [3.63, 3.8) is 0 Å². The van der Waals surface area contributed by atoms with Crippen molar-refractivity contribution < 1.29 is 9.90 Å². The summed E-state index contributed by atoms with van der Waals surface area (Å²) >= 11 is 0. The third-order valence-electron chi connectivity index (χ3n) is 3.36. The summed E-state index contributed by atoms with van der Waals surface area (Å²) in [5, 5.41) is 12.4. The molecule has 1 heterocycles. The normalized spacial score (nSPS) is 14.0. The Balaban J connectivity index is 2.94. The summed E-state index contributed by atoms with van der Waals surface area (Å²) in [4.78, 5) is 15.5. The second-order valence-electron chi connectivity index (χ2n) is 4.71. The van der Waals surface area contributed by atoms with Crippen molar-refractivity contribution in [2.24, 2.45) is 5.92 Å². The largest absolute Gasteiger partial charge is 0.478 e. The number of nitrogens with zero attached hydrogens (tertiary/aromatic N) is 1. The van der Waals surface area contributed by atoms with Gasteiger partial charge in [0.05, 0.1) is 5.56 Å². The summed E-state index contributed by atoms with van der Waals surface area (Å²) in [7, 11) is 0. The molecule has 0 spiro atoms. The van der Waals surface area contributed by atoms with Crippen LogP contribution in [-0.2, 0) is 6.42 Å². The molecular formula is C14H22N2O2. The van der Waals surface area contributed by atoms with Gasteiger partial charge in [-0.2, -0.15) is 0 Å². The van der Waals surface area contributed by atoms with Crippen LogP contribution in [0.4, 0.5) is 5.82 Å². The van der Waals surface area contributed by atoms with Crippen LogP contribution in [0.2, 0.25) is 0 Å². The first-order valence-corrected chi connectivity index (χ1v) is 6.48. The Morgan fingerprint density at radius 2 is 2.06 bits per heavy atom. The lowest BCUT2D eigenvalue weighted by Gasteiger charge is -2.21. The van der Waals surface area contributed by atoms with E-state index in [1.807, 2.05) is 6.92 Å². The van der Waals surface area contributed by atoms with Crippen molar-refractivity contribution in [2.75, 3.05) is 5.32 Å². The molecule has 2 N–H and O–H groups in total. The molecule has 0 bridgehead atoms. The second-order valence-corrected chi connectivity index (χ2v) is 4.71. The number of rotatable bonds is 6. The monoisotopic (exact) mass is 250 g/mol. The molecule has 2 atom stereocenters. The minimum atomic E-state index is -0.911. The Morgan fingerprint density at radius 1 is 1.39 bits per heavy atom. The van der Waals surface area contributed by atoms with Gasteiger partial charge in [0.1, 0.15) is 5.82 Å². The van der Waals surface area contributed by atoms with Crippen LogP contribution < -0.4 is 5.32 Å². The first-order chi connectivity index (χ1) is 8.47. The molecule has 0 aliphatic heterocycles. The van der Waals surface area contributed by atoms with Gasteiger partial charge in [0.25, 0.3) is 0 Å². The fraction of sp³-hybridized carbons (Fsp3) is 0.571. The van der Waals surface area contributed by atoms with E-state index in [0.717, 1.165) is 18.5 Å². The number of carboxylic acids is 1. The van der Waals surface area contributed by atoms with Gasteiger partial charge in [-0.25, -0.2) is 9.78 Å². The number of aromatic carboxylic acids is 1. The highest BCUT2D eigenvalue weighted by molar-refractivity contribution is 5.88. The molecule has 1 aromatic rings. The van der Waals surface area contributed by atoms with E-state index in [0.29, 0.717) is 17.3 Å². The van der Waals surface area contributed by atoms with Crippen LogP contribution in [0, 0.1) is 5.92 Å². The van der Waals surface area contributed by atoms with Gasteiger partial charge < -0.3 is 10.4 Å². The fourth-order valence-electron chi connectivity index (χ4n) is 1.70. The van der Waals surface area contributed by atoms with Crippen LogP contribution in [0.1, 0.15) is 50.2 Å². The van der Waals surface area contributed by atoms with Crippen molar-refractivity contribution in [2.45, 2.75) is 46.6 Å². The van der Waals surface area contributed by atoms with Crippen LogP contribution in [0.5, 0.6) is 0 Å². The lowest BCUT2D eigenvalue weighted by Crippen LogP contribution is -2.24. The van der Waals surface area contributed by atoms with Crippen LogP contribution in [0.15, 0.2) is 12.1 Å². The topological polar surface area (TPSA) is 62.2 Å². The van der Waals surface area contributed by atoms with Gasteiger partial charge in [0.15, 0.2) is 0 Å². The molecule has 0 saturated heterocycles. The van der Waals surface area contributed by atoms with Crippen molar-refractivity contribution in [1.29, 1.82) is 0 Å². The van der Waals surface area contributed by atoms with E-state index in [1.54, 1.807) is 12.1 Å². The Morgan fingerprint density at radius 3 is 2.56 bits per heavy atom. The van der Waals surface area contributed by atoms with E-state index in [-0.39, 0.29) is 6.04 Å². The van der Waals surface area contributed by atoms with Crippen LogP contribution in [0.25, 0.3) is 0 Å². The van der Waals surface area contributed by atoms with Crippen LogP contribution in [-0.4, -0.2) is 22.1 Å². The SMILES string of the molecule is CCc1cc(C(=O)O)cc(NC(C)C(C)CC)n1. The maximum absolute atomic E-state index is 11.0. The van der Waals surface area contributed by atoms with Crippen LogP contribution in [0.3, 0.4) is 0 Å². The van der Waals surface area contributed by atoms with E-state index < -0.39 is 5.97 Å². The maximum Gasteiger partial charge on any atom is 0.335 e. The van der Waals surface area contributed by atoms with E-state index in [4.69, 9.17) is 5.11 Å². The van der Waals surface area contributed by atoms with Crippen molar-refractivity contribution >= 4 is 11.8 Å². The molecule has 4 nitrogen and oxygen atoms in total. The minimum absolute atomic E-state index is 0.274. The molecule has 1 rings (SSSR count). The lowest BCUT2D eigenvalue weighted by molar-refractivity contribution is 0.0696. The number of pyridine rings is 1. The van der Waals surface area contributed by atoms with Gasteiger partial charge >= 0.3 is 5.97 Å². The highest BCUT2D eigenvalue weighted by atomic mass is 16.4. The van der Waals surface area contributed by atoms with Gasteiger partial charge in [0.2, 0.25) is 0 Å². The molecule has 0 saturated carbocycles. The summed E-state index contributed by atoms with van der Waals surface area (Å²) in [6.07, 6.45) is 1.81. The number of nitrogens with one attached hydrogen (secondary N) is 1. The highest BCUT2D eigenvalue weighted by Crippen LogP contribution is 2.16. The zero-order chi connectivity index (χ0) is 13.7. The van der Waals surface area contributed by atoms with E-state index in [1.165, 1.54) is 0 Å². The third kappa shape index (κ3) is 3.72. The Bertz CT molecular complexity index is 418. The molecule has 18 heavy (non-hydrogen) atoms. The van der Waals surface area contributed by atoms with E-state index in [2.05, 4.69) is 31.1 Å². The summed E-state index contributed by atoms with van der Waals surface area (Å²) in [5.74, 6) is 0.260. The number of hydrogen-bond donors (Lipinski definition) is 2. The number of hydrogen-bond acceptors (Lipinski definition) is 3. The average molecular weight is 250 g/mol. The molecule has 100 valence electrons. The molecule has 4 heteroatoms. The second kappa shape index (κ2) is 6.38. The Hall–Kier alpha value is -1.58. The zero-order valence-electron chi connectivity index (χ0n) is 11.5. The number of carboxylic acid groups (broad SMARTS) is 1. The van der Waals surface area contributed by atoms with Crippen molar-refractivity contribution in [1.82, 2.24) is 4.98 Å². The van der Waals surface area contributed by atoms with Gasteiger partial charge in [-0.3, -0.25) is 0 Å². The molecule has 0 radical (unpaired) electrons. The average Bonchev–Trinajstić information content (AvgIpc) is 2.36. The summed E-state index contributed by atoms with van der Waals surface area (Å²) in [6, 6.07) is 3.50. The molecule has 0 aromatic carbocycles. The summed E-state index contributed by atoms with van der Waals surface area (Å²) < 4.78 is 0. The predicted molar refractivity (Wildman–Crippen MR) is 73.1 cm³/mol. The molecule has 0 aliphatic carbocycles. The fourth-order valence-corrected chi connectivity index (χ4v) is 1.70. The van der Waals surface area contributed by atoms with Crippen LogP contribution >= 0.6 is 0 Å². The first-order valence-electron chi connectivity index (χ1n) is 6.48. The van der Waals surface area contributed by atoms with Gasteiger partial charge in [0, 0.05) is 11.7 Å². The first kappa shape index (κ1) is 14.5. The molecule has 2 unspecified atom stereocenters. The Kier molecular flexibility index (Phi) is 5.13. The number of aromatic nitrogens is 1. The number of carbonyl (C=O) groups is 1.